The highest BCUT2D eigenvalue weighted by atomic mass is 19.1. The highest BCUT2D eigenvalue weighted by molar-refractivity contribution is 5.30. The van der Waals surface area contributed by atoms with E-state index < -0.39 is 0 Å². The highest BCUT2D eigenvalue weighted by Gasteiger charge is 2.02. The Bertz CT molecular complexity index is 407. The van der Waals surface area contributed by atoms with Crippen molar-refractivity contribution in [3.05, 3.63) is 41.7 Å². The Labute approximate surface area is 114 Å². The van der Waals surface area contributed by atoms with Crippen molar-refractivity contribution in [1.82, 2.24) is 5.32 Å². The molecule has 0 heterocycles. The molecule has 1 rings (SSSR count). The van der Waals surface area contributed by atoms with E-state index in [4.69, 9.17) is 9.47 Å². The molecule has 1 aromatic rings. The van der Waals surface area contributed by atoms with Crippen LogP contribution in [-0.4, -0.2) is 26.9 Å². The van der Waals surface area contributed by atoms with E-state index in [1.165, 1.54) is 12.1 Å². The normalized spacial score (nSPS) is 10.5. The second-order valence-electron chi connectivity index (χ2n) is 4.36. The van der Waals surface area contributed by atoms with Crippen molar-refractivity contribution in [2.24, 2.45) is 0 Å². The fraction of sp³-hybridized carbons (Fsp3) is 0.467. The largest absolute Gasteiger partial charge is 0.489 e. The zero-order valence-electron chi connectivity index (χ0n) is 11.7. The molecule has 0 saturated heterocycles. The van der Waals surface area contributed by atoms with Gasteiger partial charge >= 0.3 is 0 Å². The zero-order valence-corrected chi connectivity index (χ0v) is 11.7. The summed E-state index contributed by atoms with van der Waals surface area (Å²) in [6, 6.07) is 4.73. The van der Waals surface area contributed by atoms with Crippen LogP contribution in [0.2, 0.25) is 0 Å². The van der Waals surface area contributed by atoms with Gasteiger partial charge < -0.3 is 14.8 Å². The predicted octanol–water partition coefficient (Wildman–Crippen LogP) is 2.91. The minimum atomic E-state index is -0.289. The van der Waals surface area contributed by atoms with Crippen molar-refractivity contribution in [2.75, 3.05) is 26.9 Å². The molecule has 0 aliphatic rings. The van der Waals surface area contributed by atoms with E-state index in [2.05, 4.69) is 11.9 Å². The number of hydrogen-bond acceptors (Lipinski definition) is 3. The first-order chi connectivity index (χ1) is 9.15. The number of benzene rings is 1. The average Bonchev–Trinajstić information content (AvgIpc) is 2.40. The van der Waals surface area contributed by atoms with Gasteiger partial charge in [-0.3, -0.25) is 0 Å². The van der Waals surface area contributed by atoms with E-state index in [1.54, 1.807) is 7.11 Å². The van der Waals surface area contributed by atoms with Crippen molar-refractivity contribution in [3.63, 3.8) is 0 Å². The van der Waals surface area contributed by atoms with Crippen molar-refractivity contribution in [2.45, 2.75) is 19.9 Å². The smallest absolute Gasteiger partial charge is 0.127 e. The Balaban J connectivity index is 2.53. The number of methoxy groups -OCH3 is 1. The lowest BCUT2D eigenvalue weighted by Crippen LogP contribution is -2.18. The van der Waals surface area contributed by atoms with Gasteiger partial charge in [-0.2, -0.15) is 0 Å². The summed E-state index contributed by atoms with van der Waals surface area (Å²) < 4.78 is 23.9. The second-order valence-corrected chi connectivity index (χ2v) is 4.36. The molecule has 0 spiro atoms. The number of hydrogen-bond donors (Lipinski definition) is 1. The maximum Gasteiger partial charge on any atom is 0.127 e. The van der Waals surface area contributed by atoms with Crippen molar-refractivity contribution >= 4 is 0 Å². The van der Waals surface area contributed by atoms with Crippen LogP contribution in [0.4, 0.5) is 4.39 Å². The lowest BCUT2D eigenvalue weighted by atomic mass is 10.2. The van der Waals surface area contributed by atoms with Gasteiger partial charge in [0.15, 0.2) is 0 Å². The maximum atomic E-state index is 13.5. The number of ether oxygens (including phenoxy) is 2. The molecule has 4 heteroatoms. The average molecular weight is 267 g/mol. The number of nitrogens with one attached hydrogen (secondary N) is 1. The molecule has 0 radical (unpaired) electrons. The summed E-state index contributed by atoms with van der Waals surface area (Å²) in [5.74, 6) is 0.251. The predicted molar refractivity (Wildman–Crippen MR) is 74.9 cm³/mol. The molecule has 3 nitrogen and oxygen atoms in total. The Hall–Kier alpha value is -1.39. The Morgan fingerprint density at radius 3 is 2.84 bits per heavy atom. The Kier molecular flexibility index (Phi) is 7.15. The molecule has 1 N–H and O–H groups in total. The number of rotatable bonds is 9. The fourth-order valence-electron chi connectivity index (χ4n) is 1.50. The van der Waals surface area contributed by atoms with Gasteiger partial charge in [-0.05, 0) is 29.7 Å². The van der Waals surface area contributed by atoms with Crippen LogP contribution in [0.15, 0.2) is 30.4 Å². The summed E-state index contributed by atoms with van der Waals surface area (Å²) >= 11 is 0. The molecule has 0 aromatic heterocycles. The molecule has 1 aromatic carbocycles. The van der Waals surface area contributed by atoms with E-state index in [9.17, 15) is 4.39 Å². The summed E-state index contributed by atoms with van der Waals surface area (Å²) in [6.07, 6.45) is 0.862. The van der Waals surface area contributed by atoms with Gasteiger partial charge in [0.05, 0.1) is 6.61 Å². The molecule has 0 amide bonds. The Morgan fingerprint density at radius 2 is 2.16 bits per heavy atom. The molecule has 106 valence electrons. The van der Waals surface area contributed by atoms with Gasteiger partial charge in [0.1, 0.15) is 18.2 Å². The summed E-state index contributed by atoms with van der Waals surface area (Å²) in [7, 11) is 1.65. The minimum absolute atomic E-state index is 0.289. The van der Waals surface area contributed by atoms with Gasteiger partial charge in [0.2, 0.25) is 0 Å². The first kappa shape index (κ1) is 15.7. The van der Waals surface area contributed by atoms with Crippen LogP contribution in [0.1, 0.15) is 18.9 Å². The summed E-state index contributed by atoms with van der Waals surface area (Å²) in [6.45, 7) is 8.26. The molecule has 0 aliphatic heterocycles. The van der Waals surface area contributed by atoms with Gasteiger partial charge in [-0.1, -0.05) is 13.5 Å². The lowest BCUT2D eigenvalue weighted by molar-refractivity contribution is 0.199. The van der Waals surface area contributed by atoms with Crippen LogP contribution in [0.25, 0.3) is 0 Å². The van der Waals surface area contributed by atoms with E-state index in [0.717, 1.165) is 24.1 Å². The molecular formula is C15H22FNO2. The molecule has 0 atom stereocenters. The van der Waals surface area contributed by atoms with Crippen LogP contribution in [0.3, 0.4) is 0 Å². The molecule has 0 saturated carbocycles. The van der Waals surface area contributed by atoms with Gasteiger partial charge in [0.25, 0.3) is 0 Å². The second kappa shape index (κ2) is 8.67. The molecule has 0 unspecified atom stereocenters. The van der Waals surface area contributed by atoms with Gasteiger partial charge in [0, 0.05) is 26.3 Å². The third kappa shape index (κ3) is 6.36. The molecule has 0 bridgehead atoms. The first-order valence-electron chi connectivity index (χ1n) is 6.44. The van der Waals surface area contributed by atoms with Crippen molar-refractivity contribution in [1.29, 1.82) is 0 Å². The first-order valence-corrected chi connectivity index (χ1v) is 6.44. The van der Waals surface area contributed by atoms with E-state index in [0.29, 0.717) is 25.5 Å². The van der Waals surface area contributed by atoms with E-state index >= 15 is 0 Å². The van der Waals surface area contributed by atoms with Crippen molar-refractivity contribution in [3.8, 4) is 5.75 Å². The van der Waals surface area contributed by atoms with E-state index in [1.807, 2.05) is 13.0 Å². The molecule has 0 aliphatic carbocycles. The highest BCUT2D eigenvalue weighted by Crippen LogP contribution is 2.17. The van der Waals surface area contributed by atoms with Crippen molar-refractivity contribution < 1.29 is 13.9 Å². The third-order valence-electron chi connectivity index (χ3n) is 2.69. The monoisotopic (exact) mass is 267 g/mol. The zero-order chi connectivity index (χ0) is 14.1. The maximum absolute atomic E-state index is 13.5. The van der Waals surface area contributed by atoms with Crippen LogP contribution in [-0.2, 0) is 11.3 Å². The number of halogens is 1. The standard InChI is InChI=1S/C15H22FNO2/c1-4-12(2)11-19-15-8-13(7-14(16)9-15)10-17-5-6-18-3/h7-9,17H,2,4-6,10-11H2,1,3H3. The summed E-state index contributed by atoms with van der Waals surface area (Å²) in [4.78, 5) is 0. The summed E-state index contributed by atoms with van der Waals surface area (Å²) in [5.41, 5.74) is 1.84. The molecule has 19 heavy (non-hydrogen) atoms. The van der Waals surface area contributed by atoms with E-state index in [-0.39, 0.29) is 5.82 Å². The van der Waals surface area contributed by atoms with Gasteiger partial charge in [-0.25, -0.2) is 4.39 Å². The molecular weight excluding hydrogens is 245 g/mol. The van der Waals surface area contributed by atoms with Gasteiger partial charge in [-0.15, -0.1) is 0 Å². The lowest BCUT2D eigenvalue weighted by Gasteiger charge is -2.10. The SMILES string of the molecule is C=C(CC)COc1cc(F)cc(CNCCOC)c1. The Morgan fingerprint density at radius 1 is 1.37 bits per heavy atom. The van der Waals surface area contributed by atoms with Crippen LogP contribution < -0.4 is 10.1 Å². The minimum Gasteiger partial charge on any atom is -0.489 e. The quantitative estimate of drug-likeness (QED) is 0.551. The third-order valence-corrected chi connectivity index (χ3v) is 2.69. The summed E-state index contributed by atoms with van der Waals surface area (Å²) in [5, 5.41) is 3.17. The topological polar surface area (TPSA) is 30.5 Å². The van der Waals surface area contributed by atoms with Crippen LogP contribution >= 0.6 is 0 Å². The van der Waals surface area contributed by atoms with Crippen LogP contribution in [0, 0.1) is 5.82 Å². The molecule has 0 fully saturated rings. The van der Waals surface area contributed by atoms with Crippen LogP contribution in [0.5, 0.6) is 5.75 Å². The fourth-order valence-corrected chi connectivity index (χ4v) is 1.50.